The fourth-order valence-corrected chi connectivity index (χ4v) is 3.78. The van der Waals surface area contributed by atoms with Crippen molar-refractivity contribution in [3.63, 3.8) is 0 Å². The monoisotopic (exact) mass is 353 g/mol. The van der Waals surface area contributed by atoms with Crippen molar-refractivity contribution < 1.29 is 4.74 Å². The van der Waals surface area contributed by atoms with Crippen LogP contribution in [0.1, 0.15) is 52.9 Å². The summed E-state index contributed by atoms with van der Waals surface area (Å²) >= 11 is 3.55. The largest absolute Gasteiger partial charge is 0.497 e. The molecule has 2 unspecified atom stereocenters. The number of nitrogens with one attached hydrogen (secondary N) is 1. The number of ether oxygens (including phenoxy) is 1. The molecule has 2 atom stereocenters. The summed E-state index contributed by atoms with van der Waals surface area (Å²) in [5.41, 5.74) is 1.59. The molecule has 0 saturated heterocycles. The van der Waals surface area contributed by atoms with Crippen LogP contribution in [0.15, 0.2) is 22.7 Å². The van der Waals surface area contributed by atoms with Gasteiger partial charge in [-0.1, -0.05) is 43.1 Å². The van der Waals surface area contributed by atoms with E-state index >= 15 is 0 Å². The lowest BCUT2D eigenvalue weighted by Gasteiger charge is -2.29. The second-order valence-corrected chi connectivity index (χ2v) is 8.21. The van der Waals surface area contributed by atoms with Crippen LogP contribution >= 0.6 is 15.9 Å². The minimum atomic E-state index is 0.438. The first-order valence-corrected chi connectivity index (χ1v) is 8.79. The summed E-state index contributed by atoms with van der Waals surface area (Å²) in [5, 5.41) is 3.70. The molecule has 1 aliphatic carbocycles. The second-order valence-electron chi connectivity index (χ2n) is 7.29. The van der Waals surface area contributed by atoms with Gasteiger partial charge in [0.1, 0.15) is 5.75 Å². The van der Waals surface area contributed by atoms with E-state index in [2.05, 4.69) is 54.2 Å². The first-order chi connectivity index (χ1) is 9.88. The van der Waals surface area contributed by atoms with Gasteiger partial charge in [0.15, 0.2) is 0 Å². The van der Waals surface area contributed by atoms with Crippen LogP contribution in [0.4, 0.5) is 5.69 Å². The summed E-state index contributed by atoms with van der Waals surface area (Å²) in [6.45, 7) is 7.14. The third-order valence-corrected chi connectivity index (χ3v) is 5.13. The molecule has 1 saturated carbocycles. The minimum absolute atomic E-state index is 0.438. The van der Waals surface area contributed by atoms with Gasteiger partial charge in [0.2, 0.25) is 0 Å². The highest BCUT2D eigenvalue weighted by atomic mass is 79.9. The number of hydrogen-bond acceptors (Lipinski definition) is 2. The topological polar surface area (TPSA) is 21.3 Å². The number of anilines is 1. The molecule has 0 amide bonds. The van der Waals surface area contributed by atoms with Crippen LogP contribution in [-0.2, 0) is 0 Å². The van der Waals surface area contributed by atoms with E-state index in [1.807, 2.05) is 6.07 Å². The molecule has 21 heavy (non-hydrogen) atoms. The highest BCUT2D eigenvalue weighted by Gasteiger charge is 2.27. The van der Waals surface area contributed by atoms with Crippen molar-refractivity contribution in [3.8, 4) is 5.75 Å². The molecule has 2 nitrogen and oxygen atoms in total. The fourth-order valence-electron chi connectivity index (χ4n) is 3.31. The van der Waals surface area contributed by atoms with Gasteiger partial charge < -0.3 is 10.1 Å². The second kappa shape index (κ2) is 7.04. The maximum absolute atomic E-state index is 5.34. The molecule has 1 N–H and O–H groups in total. The van der Waals surface area contributed by atoms with Crippen LogP contribution < -0.4 is 10.1 Å². The Morgan fingerprint density at radius 2 is 1.86 bits per heavy atom. The Balaban J connectivity index is 1.99. The van der Waals surface area contributed by atoms with Crippen molar-refractivity contribution in [3.05, 3.63) is 22.7 Å². The summed E-state index contributed by atoms with van der Waals surface area (Å²) < 4.78 is 6.40. The number of hydrogen-bond donors (Lipinski definition) is 1. The third kappa shape index (κ3) is 4.91. The minimum Gasteiger partial charge on any atom is -0.497 e. The summed E-state index contributed by atoms with van der Waals surface area (Å²) in [7, 11) is 1.71. The Labute approximate surface area is 137 Å². The molecule has 0 aromatic heterocycles. The van der Waals surface area contributed by atoms with E-state index in [1.54, 1.807) is 7.11 Å². The molecule has 1 aliphatic rings. The van der Waals surface area contributed by atoms with Crippen LogP contribution in [0.5, 0.6) is 5.75 Å². The van der Waals surface area contributed by atoms with Gasteiger partial charge in [-0.05, 0) is 49.1 Å². The lowest BCUT2D eigenvalue weighted by Crippen LogP contribution is -2.21. The average molecular weight is 354 g/mol. The molecule has 0 heterocycles. The zero-order valence-electron chi connectivity index (χ0n) is 13.7. The van der Waals surface area contributed by atoms with Crippen LogP contribution in [0.3, 0.4) is 0 Å². The first kappa shape index (κ1) is 16.7. The predicted molar refractivity (Wildman–Crippen MR) is 94.1 cm³/mol. The zero-order chi connectivity index (χ0) is 15.5. The quantitative estimate of drug-likeness (QED) is 0.686. The van der Waals surface area contributed by atoms with E-state index in [-0.39, 0.29) is 0 Å². The van der Waals surface area contributed by atoms with Gasteiger partial charge in [-0.15, -0.1) is 0 Å². The number of benzene rings is 1. The summed E-state index contributed by atoms with van der Waals surface area (Å²) in [4.78, 5) is 0. The van der Waals surface area contributed by atoms with Crippen molar-refractivity contribution in [2.45, 2.75) is 58.9 Å². The van der Waals surface area contributed by atoms with Crippen LogP contribution in [0.2, 0.25) is 0 Å². The molecule has 2 rings (SSSR count). The SMILES string of the molecule is COc1cc(Br)cc(NC2CCCC(C(C)(C)C)CC2)c1. The smallest absolute Gasteiger partial charge is 0.122 e. The Morgan fingerprint density at radius 1 is 1.10 bits per heavy atom. The highest BCUT2D eigenvalue weighted by molar-refractivity contribution is 9.10. The van der Waals surface area contributed by atoms with Gasteiger partial charge in [-0.2, -0.15) is 0 Å². The van der Waals surface area contributed by atoms with E-state index < -0.39 is 0 Å². The molecular weight excluding hydrogens is 326 g/mol. The summed E-state index contributed by atoms with van der Waals surface area (Å²) in [6, 6.07) is 6.79. The van der Waals surface area contributed by atoms with Gasteiger partial charge in [0, 0.05) is 22.3 Å². The van der Waals surface area contributed by atoms with E-state index in [9.17, 15) is 0 Å². The van der Waals surface area contributed by atoms with Crippen molar-refractivity contribution >= 4 is 21.6 Å². The van der Waals surface area contributed by atoms with Crippen molar-refractivity contribution in [1.29, 1.82) is 0 Å². The molecule has 0 bridgehead atoms. The maximum atomic E-state index is 5.34. The van der Waals surface area contributed by atoms with E-state index in [0.29, 0.717) is 11.5 Å². The lowest BCUT2D eigenvalue weighted by atomic mass is 9.76. The molecule has 0 aliphatic heterocycles. The third-order valence-electron chi connectivity index (χ3n) is 4.67. The molecule has 118 valence electrons. The first-order valence-electron chi connectivity index (χ1n) is 7.99. The number of rotatable bonds is 3. The molecule has 3 heteroatoms. The van der Waals surface area contributed by atoms with E-state index in [4.69, 9.17) is 4.74 Å². The van der Waals surface area contributed by atoms with Crippen LogP contribution in [0.25, 0.3) is 0 Å². The van der Waals surface area contributed by atoms with Gasteiger partial charge in [0.25, 0.3) is 0 Å². The predicted octanol–water partition coefficient (Wildman–Crippen LogP) is 5.86. The Bertz CT molecular complexity index is 467. The molecule has 0 radical (unpaired) electrons. The molecule has 1 aromatic rings. The molecule has 0 spiro atoms. The zero-order valence-corrected chi connectivity index (χ0v) is 15.3. The van der Waals surface area contributed by atoms with Gasteiger partial charge in [0.05, 0.1) is 7.11 Å². The van der Waals surface area contributed by atoms with Gasteiger partial charge >= 0.3 is 0 Å². The fraction of sp³-hybridized carbons (Fsp3) is 0.667. The Kier molecular flexibility index (Phi) is 5.59. The normalized spacial score (nSPS) is 23.5. The van der Waals surface area contributed by atoms with Crippen LogP contribution in [-0.4, -0.2) is 13.2 Å². The Hall–Kier alpha value is -0.700. The van der Waals surface area contributed by atoms with Gasteiger partial charge in [-0.25, -0.2) is 0 Å². The van der Waals surface area contributed by atoms with Crippen molar-refractivity contribution in [2.24, 2.45) is 11.3 Å². The molecule has 1 fully saturated rings. The molecular formula is C18H28BrNO. The lowest BCUT2D eigenvalue weighted by molar-refractivity contribution is 0.214. The summed E-state index contributed by atoms with van der Waals surface area (Å²) in [6.07, 6.45) is 6.54. The number of halogens is 1. The number of methoxy groups -OCH3 is 1. The average Bonchev–Trinajstić information content (AvgIpc) is 2.63. The van der Waals surface area contributed by atoms with E-state index in [0.717, 1.165) is 21.8 Å². The Morgan fingerprint density at radius 3 is 2.52 bits per heavy atom. The van der Waals surface area contributed by atoms with E-state index in [1.165, 1.54) is 32.1 Å². The van der Waals surface area contributed by atoms with Crippen LogP contribution in [0, 0.1) is 11.3 Å². The van der Waals surface area contributed by atoms with Crippen molar-refractivity contribution in [1.82, 2.24) is 0 Å². The summed E-state index contributed by atoms with van der Waals surface area (Å²) in [5.74, 6) is 1.74. The highest BCUT2D eigenvalue weighted by Crippen LogP contribution is 2.37. The standard InChI is InChI=1S/C18H28BrNO/c1-18(2,3)13-6-5-7-15(9-8-13)20-16-10-14(19)11-17(12-16)21-4/h10-13,15,20H,5-9H2,1-4H3. The molecule has 1 aromatic carbocycles. The maximum Gasteiger partial charge on any atom is 0.122 e. The van der Waals surface area contributed by atoms with Crippen molar-refractivity contribution in [2.75, 3.05) is 12.4 Å². The van der Waals surface area contributed by atoms with Gasteiger partial charge in [-0.3, -0.25) is 0 Å².